The van der Waals surface area contributed by atoms with Crippen molar-refractivity contribution in [3.63, 3.8) is 0 Å². The summed E-state index contributed by atoms with van der Waals surface area (Å²) in [6.07, 6.45) is 1.85. The quantitative estimate of drug-likeness (QED) is 0.271. The molecule has 2 aromatic heterocycles. The third-order valence-electron chi connectivity index (χ3n) is 4.30. The lowest BCUT2D eigenvalue weighted by Crippen LogP contribution is -2.00. The molecule has 8 heteroatoms. The maximum atomic E-state index is 5.24. The molecule has 4 rings (SSSR count). The summed E-state index contributed by atoms with van der Waals surface area (Å²) in [6, 6.07) is 17.9. The Bertz CT molecular complexity index is 1110. The average molecular weight is 436 g/mol. The fraction of sp³-hybridized carbons (Fsp3) is 0.136. The van der Waals surface area contributed by atoms with Gasteiger partial charge in [-0.2, -0.15) is 0 Å². The van der Waals surface area contributed by atoms with Gasteiger partial charge in [0.15, 0.2) is 16.1 Å². The summed E-state index contributed by atoms with van der Waals surface area (Å²) >= 11 is 3.21. The van der Waals surface area contributed by atoms with E-state index in [4.69, 9.17) is 4.74 Å². The summed E-state index contributed by atoms with van der Waals surface area (Å²) < 4.78 is 7.31. The Balaban J connectivity index is 1.47. The molecule has 0 saturated carbocycles. The Morgan fingerprint density at radius 3 is 2.67 bits per heavy atom. The number of hydrogen-bond donors (Lipinski definition) is 1. The molecule has 0 radical (unpaired) electrons. The molecule has 0 fully saturated rings. The van der Waals surface area contributed by atoms with E-state index < -0.39 is 0 Å². The van der Waals surface area contributed by atoms with Gasteiger partial charge in [0.2, 0.25) is 0 Å². The van der Waals surface area contributed by atoms with E-state index in [1.165, 1.54) is 0 Å². The fourth-order valence-corrected chi connectivity index (χ4v) is 4.53. The monoisotopic (exact) mass is 435 g/mol. The Morgan fingerprint density at radius 2 is 1.93 bits per heavy atom. The van der Waals surface area contributed by atoms with Gasteiger partial charge in [-0.3, -0.25) is 4.57 Å². The van der Waals surface area contributed by atoms with Crippen LogP contribution in [-0.4, -0.2) is 26.9 Å². The summed E-state index contributed by atoms with van der Waals surface area (Å²) in [6.45, 7) is 4.51. The molecule has 4 aromatic rings. The molecule has 0 unspecified atom stereocenters. The number of anilines is 2. The number of benzene rings is 2. The number of nitrogens with zero attached hydrogens (tertiary/aromatic N) is 4. The first kappa shape index (κ1) is 20.2. The van der Waals surface area contributed by atoms with E-state index in [1.807, 2.05) is 60.7 Å². The van der Waals surface area contributed by atoms with Crippen molar-refractivity contribution in [1.82, 2.24) is 19.7 Å². The molecule has 1 N–H and O–H groups in total. The molecule has 6 nitrogen and oxygen atoms in total. The summed E-state index contributed by atoms with van der Waals surface area (Å²) in [5.41, 5.74) is 3.02. The van der Waals surface area contributed by atoms with Gasteiger partial charge in [-0.15, -0.1) is 28.1 Å². The van der Waals surface area contributed by atoms with Crippen molar-refractivity contribution in [2.45, 2.75) is 17.5 Å². The third-order valence-corrected chi connectivity index (χ3v) is 6.11. The summed E-state index contributed by atoms with van der Waals surface area (Å²) in [4.78, 5) is 4.68. The predicted molar refractivity (Wildman–Crippen MR) is 124 cm³/mol. The predicted octanol–water partition coefficient (Wildman–Crippen LogP) is 5.63. The second-order valence-electron chi connectivity index (χ2n) is 6.36. The van der Waals surface area contributed by atoms with Crippen molar-refractivity contribution >= 4 is 33.9 Å². The van der Waals surface area contributed by atoms with E-state index in [-0.39, 0.29) is 0 Å². The van der Waals surface area contributed by atoms with Crippen LogP contribution in [0.2, 0.25) is 0 Å². The van der Waals surface area contributed by atoms with Crippen LogP contribution in [-0.2, 0) is 12.3 Å². The van der Waals surface area contributed by atoms with Crippen molar-refractivity contribution in [3.05, 3.63) is 78.3 Å². The summed E-state index contributed by atoms with van der Waals surface area (Å²) in [7, 11) is 1.66. The number of thiazole rings is 1. The SMILES string of the molecule is C=CCn1c(SCc2csc(Nc3ccccc3)n2)nnc1-c1ccc(OC)cc1. The molecule has 152 valence electrons. The number of para-hydroxylation sites is 1. The Morgan fingerprint density at radius 1 is 1.13 bits per heavy atom. The molecule has 0 aliphatic heterocycles. The van der Waals surface area contributed by atoms with Crippen molar-refractivity contribution in [1.29, 1.82) is 0 Å². The zero-order valence-corrected chi connectivity index (χ0v) is 18.1. The maximum Gasteiger partial charge on any atom is 0.192 e. The van der Waals surface area contributed by atoms with Crippen LogP contribution in [0.3, 0.4) is 0 Å². The number of allylic oxidation sites excluding steroid dienone is 1. The first-order chi connectivity index (χ1) is 14.8. The molecule has 30 heavy (non-hydrogen) atoms. The molecule has 0 aliphatic rings. The van der Waals surface area contributed by atoms with E-state index >= 15 is 0 Å². The minimum absolute atomic E-state index is 0.634. The van der Waals surface area contributed by atoms with Crippen molar-refractivity contribution < 1.29 is 4.74 Å². The maximum absolute atomic E-state index is 5.24. The Kier molecular flexibility index (Phi) is 6.46. The number of aromatic nitrogens is 4. The first-order valence-electron chi connectivity index (χ1n) is 9.34. The van der Waals surface area contributed by atoms with Crippen LogP contribution in [0.4, 0.5) is 10.8 Å². The number of methoxy groups -OCH3 is 1. The lowest BCUT2D eigenvalue weighted by molar-refractivity contribution is 0.415. The highest BCUT2D eigenvalue weighted by atomic mass is 32.2. The van der Waals surface area contributed by atoms with Crippen molar-refractivity contribution in [2.24, 2.45) is 0 Å². The highest BCUT2D eigenvalue weighted by molar-refractivity contribution is 7.98. The molecule has 0 spiro atoms. The molecular weight excluding hydrogens is 414 g/mol. The molecule has 2 aromatic carbocycles. The molecule has 2 heterocycles. The zero-order chi connectivity index (χ0) is 20.8. The third kappa shape index (κ3) is 4.72. The fourth-order valence-electron chi connectivity index (χ4n) is 2.86. The number of nitrogens with one attached hydrogen (secondary N) is 1. The van der Waals surface area contributed by atoms with Gasteiger partial charge in [-0.1, -0.05) is 36.0 Å². The second kappa shape index (κ2) is 9.60. The Hall–Kier alpha value is -3.10. The van der Waals surface area contributed by atoms with Crippen LogP contribution >= 0.6 is 23.1 Å². The van der Waals surface area contributed by atoms with Gasteiger partial charge in [-0.25, -0.2) is 4.98 Å². The highest BCUT2D eigenvalue weighted by Gasteiger charge is 2.14. The number of rotatable bonds is 9. The van der Waals surface area contributed by atoms with Gasteiger partial charge in [0.1, 0.15) is 5.75 Å². The van der Waals surface area contributed by atoms with Crippen LogP contribution in [0.25, 0.3) is 11.4 Å². The molecule has 0 aliphatic carbocycles. The molecular formula is C22H21N5OS2. The molecule has 0 amide bonds. The Labute approximate surface area is 183 Å². The molecule has 0 saturated heterocycles. The van der Waals surface area contributed by atoms with Crippen LogP contribution in [0.5, 0.6) is 5.75 Å². The number of ether oxygens (including phenoxy) is 1. The standard InChI is InChI=1S/C22H21N5OS2/c1-3-13-27-20(16-9-11-19(28-2)12-10-16)25-26-22(27)30-15-18-14-29-21(24-18)23-17-7-5-4-6-8-17/h3-12,14H,1,13,15H2,2H3,(H,23,24). The lowest BCUT2D eigenvalue weighted by atomic mass is 10.2. The van der Waals surface area contributed by atoms with Crippen LogP contribution in [0.1, 0.15) is 5.69 Å². The average Bonchev–Trinajstić information content (AvgIpc) is 3.40. The van der Waals surface area contributed by atoms with Crippen LogP contribution in [0, 0.1) is 0 Å². The van der Waals surface area contributed by atoms with Crippen LogP contribution in [0.15, 0.2) is 77.8 Å². The first-order valence-corrected chi connectivity index (χ1v) is 11.2. The van der Waals surface area contributed by atoms with Crippen LogP contribution < -0.4 is 10.1 Å². The van der Waals surface area contributed by atoms with Gasteiger partial charge >= 0.3 is 0 Å². The largest absolute Gasteiger partial charge is 0.497 e. The van der Waals surface area contributed by atoms with Gasteiger partial charge in [0, 0.05) is 28.9 Å². The molecule has 0 bridgehead atoms. The highest BCUT2D eigenvalue weighted by Crippen LogP contribution is 2.29. The van der Waals surface area contributed by atoms with Crippen molar-refractivity contribution in [3.8, 4) is 17.1 Å². The number of thioether (sulfide) groups is 1. The van der Waals surface area contributed by atoms with E-state index in [0.29, 0.717) is 12.3 Å². The van der Waals surface area contributed by atoms with Crippen molar-refractivity contribution in [2.75, 3.05) is 12.4 Å². The molecule has 0 atom stereocenters. The van der Waals surface area contributed by atoms with E-state index in [9.17, 15) is 0 Å². The van der Waals surface area contributed by atoms with E-state index in [2.05, 4.69) is 37.0 Å². The van der Waals surface area contributed by atoms with Gasteiger partial charge in [0.05, 0.1) is 12.8 Å². The van der Waals surface area contributed by atoms with E-state index in [0.717, 1.165) is 38.8 Å². The summed E-state index contributed by atoms with van der Waals surface area (Å²) in [5, 5.41) is 15.9. The minimum Gasteiger partial charge on any atom is -0.497 e. The normalized spacial score (nSPS) is 10.7. The number of hydrogen-bond acceptors (Lipinski definition) is 7. The van der Waals surface area contributed by atoms with Gasteiger partial charge < -0.3 is 10.1 Å². The lowest BCUT2D eigenvalue weighted by Gasteiger charge is -2.08. The van der Waals surface area contributed by atoms with E-state index in [1.54, 1.807) is 30.2 Å². The topological polar surface area (TPSA) is 64.9 Å². The minimum atomic E-state index is 0.634. The zero-order valence-electron chi connectivity index (χ0n) is 16.5. The smallest absolute Gasteiger partial charge is 0.192 e. The van der Waals surface area contributed by atoms with Gasteiger partial charge in [-0.05, 0) is 36.4 Å². The van der Waals surface area contributed by atoms with Gasteiger partial charge in [0.25, 0.3) is 0 Å². The summed E-state index contributed by atoms with van der Waals surface area (Å²) in [5.74, 6) is 2.33. The second-order valence-corrected chi connectivity index (χ2v) is 8.16.